The molecule has 2 heterocycles. The number of fused-ring (bicyclic) bond motifs is 1. The van der Waals surface area contributed by atoms with Gasteiger partial charge in [0.15, 0.2) is 0 Å². The van der Waals surface area contributed by atoms with E-state index in [1.807, 2.05) is 60.6 Å². The van der Waals surface area contributed by atoms with Gasteiger partial charge in [-0.15, -0.1) is 0 Å². The van der Waals surface area contributed by atoms with Gasteiger partial charge in [-0.1, -0.05) is 56.2 Å². The molecule has 4 N–H and O–H groups in total. The topological polar surface area (TPSA) is 107 Å². The summed E-state index contributed by atoms with van der Waals surface area (Å²) in [5.41, 5.74) is 2.14. The van der Waals surface area contributed by atoms with Crippen LogP contribution in [0.15, 0.2) is 42.1 Å². The molecule has 2 amide bonds. The molecule has 35 heavy (non-hydrogen) atoms. The molecule has 0 saturated heterocycles. The third-order valence-corrected chi connectivity index (χ3v) is 4.31. The van der Waals surface area contributed by atoms with Crippen LogP contribution >= 0.6 is 11.6 Å². The monoisotopic (exact) mass is 508 g/mol. The van der Waals surface area contributed by atoms with Crippen LogP contribution in [0.5, 0.6) is 0 Å². The number of likely N-dealkylation sites (N-methyl/N-ethyl adjacent to an activating group) is 1. The van der Waals surface area contributed by atoms with Gasteiger partial charge >= 0.3 is 0 Å². The molecule has 198 valence electrons. The number of hydrogen-bond acceptors (Lipinski definition) is 4. The second-order valence-electron chi connectivity index (χ2n) is 7.62. The number of H-pyrrole nitrogens is 1. The lowest BCUT2D eigenvalue weighted by molar-refractivity contribution is -0.122. The average Bonchev–Trinajstić information content (AvgIpc) is 3.23. The molecular weight excluding hydrogens is 464 g/mol. The number of carbonyl (C=O) groups is 2. The van der Waals surface area contributed by atoms with Gasteiger partial charge in [0.1, 0.15) is 16.9 Å². The highest BCUT2D eigenvalue weighted by molar-refractivity contribution is 6.30. The maximum Gasteiger partial charge on any atom is 0.268 e. The average molecular weight is 509 g/mol. The lowest BCUT2D eigenvalue weighted by Gasteiger charge is -2.18. The van der Waals surface area contributed by atoms with E-state index in [2.05, 4.69) is 26.7 Å². The number of aromatic nitrogens is 2. The molecule has 0 unspecified atom stereocenters. The quantitative estimate of drug-likeness (QED) is 0.264. The van der Waals surface area contributed by atoms with Crippen LogP contribution in [0.4, 0.5) is 0 Å². The highest BCUT2D eigenvalue weighted by atomic mass is 35.5. The molecule has 0 spiro atoms. The fourth-order valence-corrected chi connectivity index (χ4v) is 2.79. The lowest BCUT2D eigenvalue weighted by Crippen LogP contribution is -2.46. The Labute approximate surface area is 216 Å². The number of carbonyl (C=O) groups excluding carboxylic acids is 2. The predicted molar refractivity (Wildman–Crippen MR) is 149 cm³/mol. The Balaban J connectivity index is 0. The first-order valence-corrected chi connectivity index (χ1v) is 12.6. The van der Waals surface area contributed by atoms with Crippen LogP contribution < -0.4 is 10.6 Å². The standard InChI is InChI=1S/C18H23ClN4O2.C4H8.C3H8O.C2H6/c1-4-6-11(3)7-13(17(24)20-5-2)23-18(25)14-8-12-9-16(19)21-10-15(12)22-14;1-3-4-2;1-3(2)4;1-2/h6,8-10,13,22H,4-5,7H2,1-3H3,(H,20,24)(H,23,25);2*3-4H,1-2H3;1-2H3/b11-6+;4-3-;;/t13-;;;/m0.../s1. The van der Waals surface area contributed by atoms with Crippen molar-refractivity contribution >= 4 is 34.3 Å². The van der Waals surface area contributed by atoms with Crippen molar-refractivity contribution in [2.75, 3.05) is 6.54 Å². The van der Waals surface area contributed by atoms with Gasteiger partial charge in [-0.3, -0.25) is 9.59 Å². The van der Waals surface area contributed by atoms with Gasteiger partial charge in [0.25, 0.3) is 5.91 Å². The Kier molecular flexibility index (Phi) is 20.4. The Morgan fingerprint density at radius 1 is 1.17 bits per heavy atom. The molecule has 1 atom stereocenters. The zero-order valence-electron chi connectivity index (χ0n) is 22.8. The first-order chi connectivity index (χ1) is 16.6. The van der Waals surface area contributed by atoms with E-state index < -0.39 is 6.04 Å². The SMILES string of the molecule is C/C=C\C.CC.CC(C)O.CC/C=C(\C)C[C@H](NC(=O)c1cc2cc(Cl)ncc2[nH]1)C(=O)NCC. The predicted octanol–water partition coefficient (Wildman–Crippen LogP) is 6.19. The Bertz CT molecular complexity index is 914. The normalized spacial score (nSPS) is 11.5. The van der Waals surface area contributed by atoms with Gasteiger partial charge in [0, 0.05) is 18.0 Å². The lowest BCUT2D eigenvalue weighted by atomic mass is 10.1. The van der Waals surface area contributed by atoms with Gasteiger partial charge in [-0.05, 0) is 66.5 Å². The van der Waals surface area contributed by atoms with Crippen molar-refractivity contribution in [2.45, 2.75) is 87.3 Å². The van der Waals surface area contributed by atoms with E-state index in [0.29, 0.717) is 29.3 Å². The second kappa shape index (κ2) is 20.7. The molecule has 7 nitrogen and oxygen atoms in total. The molecule has 0 radical (unpaired) electrons. The highest BCUT2D eigenvalue weighted by Crippen LogP contribution is 2.18. The fourth-order valence-electron chi connectivity index (χ4n) is 2.62. The number of aliphatic hydroxyl groups excluding tert-OH is 1. The molecule has 0 fully saturated rings. The van der Waals surface area contributed by atoms with Crippen LogP contribution in [0.3, 0.4) is 0 Å². The van der Waals surface area contributed by atoms with Crippen molar-refractivity contribution < 1.29 is 14.7 Å². The number of nitrogens with one attached hydrogen (secondary N) is 3. The maximum atomic E-state index is 12.6. The molecular formula is C27H45ClN4O3. The van der Waals surface area contributed by atoms with Crippen molar-refractivity contribution in [3.8, 4) is 0 Å². The van der Waals surface area contributed by atoms with Crippen molar-refractivity contribution in [3.05, 3.63) is 53.0 Å². The number of nitrogens with zero attached hydrogens (tertiary/aromatic N) is 1. The number of hydrogen-bond donors (Lipinski definition) is 4. The van der Waals surface area contributed by atoms with Crippen LogP contribution in [0.25, 0.3) is 10.9 Å². The summed E-state index contributed by atoms with van der Waals surface area (Å²) in [5, 5.41) is 14.8. The molecule has 0 aromatic carbocycles. The van der Waals surface area contributed by atoms with Crippen LogP contribution in [-0.4, -0.2) is 45.6 Å². The van der Waals surface area contributed by atoms with Gasteiger partial charge < -0.3 is 20.7 Å². The number of pyridine rings is 1. The van der Waals surface area contributed by atoms with E-state index >= 15 is 0 Å². The summed E-state index contributed by atoms with van der Waals surface area (Å²) >= 11 is 5.87. The summed E-state index contributed by atoms with van der Waals surface area (Å²) in [5.74, 6) is -0.534. The highest BCUT2D eigenvalue weighted by Gasteiger charge is 2.22. The van der Waals surface area contributed by atoms with E-state index in [-0.39, 0.29) is 17.9 Å². The third-order valence-electron chi connectivity index (χ3n) is 4.10. The van der Waals surface area contributed by atoms with Gasteiger partial charge in [0.2, 0.25) is 5.91 Å². The van der Waals surface area contributed by atoms with E-state index in [4.69, 9.17) is 16.7 Å². The summed E-state index contributed by atoms with van der Waals surface area (Å²) < 4.78 is 0. The summed E-state index contributed by atoms with van der Waals surface area (Å²) in [4.78, 5) is 31.8. The van der Waals surface area contributed by atoms with Gasteiger partial charge in [-0.2, -0.15) is 0 Å². The number of amides is 2. The molecule has 2 rings (SSSR count). The second-order valence-corrected chi connectivity index (χ2v) is 8.01. The molecule has 0 aliphatic heterocycles. The number of aliphatic hydroxyl groups is 1. The molecule has 0 saturated carbocycles. The van der Waals surface area contributed by atoms with Crippen LogP contribution in [0.1, 0.15) is 85.6 Å². The fraction of sp³-hybridized carbons (Fsp3) is 0.519. The Morgan fingerprint density at radius 2 is 1.74 bits per heavy atom. The molecule has 2 aromatic rings. The van der Waals surface area contributed by atoms with E-state index in [1.54, 1.807) is 32.2 Å². The zero-order valence-corrected chi connectivity index (χ0v) is 23.6. The van der Waals surface area contributed by atoms with Gasteiger partial charge in [0.05, 0.1) is 11.7 Å². The minimum atomic E-state index is -0.622. The Morgan fingerprint density at radius 3 is 2.23 bits per heavy atom. The zero-order chi connectivity index (χ0) is 27.4. The first kappa shape index (κ1) is 34.5. The van der Waals surface area contributed by atoms with Gasteiger partial charge in [-0.25, -0.2) is 4.98 Å². The smallest absolute Gasteiger partial charge is 0.268 e. The number of allylic oxidation sites excluding steroid dienone is 3. The number of aromatic amines is 1. The summed E-state index contributed by atoms with van der Waals surface area (Å²) in [6.45, 7) is 17.8. The molecule has 0 aliphatic rings. The van der Waals surface area contributed by atoms with Crippen LogP contribution in [0.2, 0.25) is 5.15 Å². The summed E-state index contributed by atoms with van der Waals surface area (Å²) in [6.07, 6.45) is 8.82. The Hall–Kier alpha value is -2.64. The van der Waals surface area contributed by atoms with Crippen molar-refractivity contribution in [2.24, 2.45) is 0 Å². The number of rotatable bonds is 7. The molecule has 2 aromatic heterocycles. The summed E-state index contributed by atoms with van der Waals surface area (Å²) in [7, 11) is 0. The molecule has 0 bridgehead atoms. The molecule has 8 heteroatoms. The van der Waals surface area contributed by atoms with Crippen LogP contribution in [-0.2, 0) is 4.79 Å². The minimum absolute atomic E-state index is 0.167. The van der Waals surface area contributed by atoms with Crippen molar-refractivity contribution in [1.82, 2.24) is 20.6 Å². The minimum Gasteiger partial charge on any atom is -0.394 e. The van der Waals surface area contributed by atoms with Crippen molar-refractivity contribution in [3.63, 3.8) is 0 Å². The summed E-state index contributed by atoms with van der Waals surface area (Å²) in [6, 6.07) is 2.75. The van der Waals surface area contributed by atoms with E-state index in [9.17, 15) is 9.59 Å². The maximum absolute atomic E-state index is 12.6. The van der Waals surface area contributed by atoms with E-state index in [1.165, 1.54) is 0 Å². The van der Waals surface area contributed by atoms with Crippen molar-refractivity contribution in [1.29, 1.82) is 0 Å². The largest absolute Gasteiger partial charge is 0.394 e. The van der Waals surface area contributed by atoms with E-state index in [0.717, 1.165) is 17.4 Å². The first-order valence-electron chi connectivity index (χ1n) is 12.2. The number of halogens is 1. The van der Waals surface area contributed by atoms with Crippen LogP contribution in [0, 0.1) is 0 Å². The third kappa shape index (κ3) is 15.8. The molecule has 0 aliphatic carbocycles.